The molecule has 7 heterocycles. The third kappa shape index (κ3) is 7.33. The van der Waals surface area contributed by atoms with Crippen LogP contribution in [0.25, 0.3) is 16.6 Å². The van der Waals surface area contributed by atoms with Gasteiger partial charge in [0, 0.05) is 69.9 Å². The summed E-state index contributed by atoms with van der Waals surface area (Å²) >= 11 is 0. The molecule has 5 aromatic rings. The zero-order chi connectivity index (χ0) is 41.5. The molecule has 1 aromatic carbocycles. The van der Waals surface area contributed by atoms with Crippen molar-refractivity contribution in [2.75, 3.05) is 43.5 Å². The Bertz CT molecular complexity index is 2670. The Morgan fingerprint density at radius 1 is 0.983 bits per heavy atom. The predicted octanol–water partition coefficient (Wildman–Crippen LogP) is 5.11. The molecular weight excluding hydrogens is 761 g/mol. The number of amides is 3. The molecule has 1 spiro atoms. The molecule has 9 rings (SSSR count). The van der Waals surface area contributed by atoms with Crippen LogP contribution < -0.4 is 26.0 Å². The smallest absolute Gasteiger partial charge is 0.329 e. The summed E-state index contributed by atoms with van der Waals surface area (Å²) in [6, 6.07) is 16.2. The van der Waals surface area contributed by atoms with E-state index in [9.17, 15) is 24.4 Å². The Morgan fingerprint density at radius 3 is 2.48 bits per heavy atom. The van der Waals surface area contributed by atoms with Crippen molar-refractivity contribution in [2.24, 2.45) is 18.4 Å². The second-order valence-corrected chi connectivity index (χ2v) is 16.8. The lowest BCUT2D eigenvalue weighted by Gasteiger charge is -2.47. The number of hydrogen-bond donors (Lipinski definition) is 2. The minimum atomic E-state index is -0.698. The highest BCUT2D eigenvalue weighted by atomic mass is 16.5. The number of anilines is 2. The predicted molar refractivity (Wildman–Crippen MR) is 224 cm³/mol. The highest BCUT2D eigenvalue weighted by Crippen LogP contribution is 2.43. The maximum absolute atomic E-state index is 13.5. The number of nitrogens with zero attached hydrogens (tertiary/aromatic N) is 8. The van der Waals surface area contributed by atoms with Gasteiger partial charge in [0.25, 0.3) is 5.91 Å². The Morgan fingerprint density at radius 2 is 1.75 bits per heavy atom. The summed E-state index contributed by atoms with van der Waals surface area (Å²) in [4.78, 5) is 59.7. The number of nitrogens with one attached hydrogen (secondary N) is 2. The Hall–Kier alpha value is -6.61. The number of fused-ring (bicyclic) bond motifs is 2. The molecular formula is C45H48N10O5. The van der Waals surface area contributed by atoms with Gasteiger partial charge in [0.1, 0.15) is 12.1 Å². The molecule has 308 valence electrons. The van der Waals surface area contributed by atoms with Gasteiger partial charge in [-0.1, -0.05) is 12.0 Å². The number of likely N-dealkylation sites (tertiary alicyclic amines) is 1. The molecule has 3 amide bonds. The molecule has 4 aromatic heterocycles. The number of ether oxygens (including phenoxy) is 1. The van der Waals surface area contributed by atoms with Crippen LogP contribution in [0.2, 0.25) is 0 Å². The molecule has 1 atom stereocenters. The van der Waals surface area contributed by atoms with Crippen LogP contribution in [0.15, 0.2) is 59.8 Å². The molecule has 4 aliphatic rings. The second-order valence-electron chi connectivity index (χ2n) is 16.8. The van der Waals surface area contributed by atoms with Crippen LogP contribution >= 0.6 is 0 Å². The third-order valence-electron chi connectivity index (χ3n) is 13.3. The zero-order valence-electron chi connectivity index (χ0n) is 33.9. The van der Waals surface area contributed by atoms with Crippen LogP contribution in [0.3, 0.4) is 0 Å². The second kappa shape index (κ2) is 15.9. The van der Waals surface area contributed by atoms with E-state index in [1.165, 1.54) is 18.5 Å². The van der Waals surface area contributed by atoms with Crippen LogP contribution in [0, 0.1) is 34.6 Å². The van der Waals surface area contributed by atoms with Crippen LogP contribution in [0.5, 0.6) is 5.75 Å². The molecule has 15 heteroatoms. The summed E-state index contributed by atoms with van der Waals surface area (Å²) in [5.74, 6) is 3.69. The van der Waals surface area contributed by atoms with Gasteiger partial charge >= 0.3 is 5.69 Å². The Kier molecular flexibility index (Phi) is 10.3. The van der Waals surface area contributed by atoms with Crippen molar-refractivity contribution >= 4 is 45.6 Å². The number of piperidine rings is 3. The van der Waals surface area contributed by atoms with Crippen LogP contribution in [-0.4, -0.2) is 79.6 Å². The number of nitriles is 1. The van der Waals surface area contributed by atoms with Gasteiger partial charge in [-0.2, -0.15) is 10.4 Å². The lowest BCUT2D eigenvalue weighted by Crippen LogP contribution is -2.46. The van der Waals surface area contributed by atoms with E-state index in [2.05, 4.69) is 49.5 Å². The van der Waals surface area contributed by atoms with E-state index in [1.54, 1.807) is 34.0 Å². The van der Waals surface area contributed by atoms with E-state index in [1.807, 2.05) is 24.3 Å². The molecule has 1 saturated carbocycles. The molecule has 3 aliphatic heterocycles. The number of benzene rings is 1. The van der Waals surface area contributed by atoms with E-state index in [0.29, 0.717) is 35.3 Å². The van der Waals surface area contributed by atoms with Crippen molar-refractivity contribution < 1.29 is 19.1 Å². The zero-order valence-corrected chi connectivity index (χ0v) is 33.9. The quantitative estimate of drug-likeness (QED) is 0.174. The number of imidazole rings is 1. The third-order valence-corrected chi connectivity index (χ3v) is 13.3. The minimum absolute atomic E-state index is 0.218. The summed E-state index contributed by atoms with van der Waals surface area (Å²) in [6.45, 7) is 3.75. The van der Waals surface area contributed by atoms with Gasteiger partial charge in [0.15, 0.2) is 5.75 Å². The molecule has 3 saturated heterocycles. The van der Waals surface area contributed by atoms with Gasteiger partial charge in [0.05, 0.1) is 58.1 Å². The number of rotatable bonds is 6. The molecule has 1 unspecified atom stereocenters. The van der Waals surface area contributed by atoms with Crippen LogP contribution in [-0.2, 0) is 16.6 Å². The number of carbonyl (C=O) groups excluding carboxylic acids is 3. The molecule has 0 bridgehead atoms. The maximum Gasteiger partial charge on any atom is 0.329 e. The Balaban J connectivity index is 0.780. The SMILES string of the molecule is COc1cn2nc(C3CCC(C#CN4CCC5(CC4)CCN(c4cccc6c4n(C)c(=O)n6C4CCC(=O)NC4=O)CC5)CC3)cc2cc1NC(=O)c1cncc(C#N)c1. The largest absolute Gasteiger partial charge is 0.493 e. The molecule has 15 nitrogen and oxygen atoms in total. The van der Waals surface area contributed by atoms with Gasteiger partial charge in [-0.25, -0.2) is 9.31 Å². The van der Waals surface area contributed by atoms with Crippen molar-refractivity contribution in [2.45, 2.75) is 76.2 Å². The fourth-order valence-electron chi connectivity index (χ4n) is 9.75. The van der Waals surface area contributed by atoms with Gasteiger partial charge in [-0.3, -0.25) is 33.8 Å². The number of hydrogen-bond acceptors (Lipinski definition) is 10. The molecule has 4 fully saturated rings. The number of pyridine rings is 2. The van der Waals surface area contributed by atoms with Crippen molar-refractivity contribution in [3.63, 3.8) is 0 Å². The van der Waals surface area contributed by atoms with E-state index in [0.717, 1.165) is 105 Å². The van der Waals surface area contributed by atoms with Gasteiger partial charge in [0.2, 0.25) is 11.8 Å². The van der Waals surface area contributed by atoms with Gasteiger partial charge in [-0.15, -0.1) is 0 Å². The summed E-state index contributed by atoms with van der Waals surface area (Å²) in [7, 11) is 3.32. The highest BCUT2D eigenvalue weighted by molar-refractivity contribution is 6.05. The monoisotopic (exact) mass is 808 g/mol. The summed E-state index contributed by atoms with van der Waals surface area (Å²) < 4.78 is 10.6. The van der Waals surface area contributed by atoms with Crippen molar-refractivity contribution in [3.05, 3.63) is 82.3 Å². The summed E-state index contributed by atoms with van der Waals surface area (Å²) in [5.41, 5.74) is 5.61. The van der Waals surface area contributed by atoms with Gasteiger partial charge in [-0.05, 0) is 93.5 Å². The fraction of sp³-hybridized carbons (Fsp3) is 0.444. The molecule has 60 heavy (non-hydrogen) atoms. The fourth-order valence-corrected chi connectivity index (χ4v) is 9.75. The van der Waals surface area contributed by atoms with E-state index >= 15 is 0 Å². The van der Waals surface area contributed by atoms with Gasteiger partial charge < -0.3 is 19.9 Å². The normalized spacial score (nSPS) is 21.6. The summed E-state index contributed by atoms with van der Waals surface area (Å²) in [5, 5.41) is 19.4. The molecule has 2 N–H and O–H groups in total. The van der Waals surface area contributed by atoms with E-state index in [-0.39, 0.29) is 34.9 Å². The maximum atomic E-state index is 13.5. The molecule has 0 radical (unpaired) electrons. The summed E-state index contributed by atoms with van der Waals surface area (Å²) in [6.07, 6.45) is 13.6. The highest BCUT2D eigenvalue weighted by Gasteiger charge is 2.38. The minimum Gasteiger partial charge on any atom is -0.493 e. The lowest BCUT2D eigenvalue weighted by molar-refractivity contribution is -0.135. The molecule has 1 aliphatic carbocycles. The standard InChI is InChI=1S/C45H48N10O5/c1-51-41-36(4-3-5-37(41)55(44(51)59)38-10-11-40(56)49-43(38)58)53-20-15-45(16-21-53)13-18-52(19-14-45)17-12-29-6-8-31(9-7-29)34-23-33-24-35(39(60-2)28-54(33)50-34)48-42(57)32-22-30(25-46)26-47-27-32/h3-5,22-24,26-29,31,38H,6-11,13-16,18-21H2,1-2H3,(H,48,57)(H,49,56,58). The van der Waals surface area contributed by atoms with Crippen LogP contribution in [0.4, 0.5) is 11.4 Å². The van der Waals surface area contributed by atoms with Crippen LogP contribution in [0.1, 0.15) is 97.8 Å². The van der Waals surface area contributed by atoms with Crippen molar-refractivity contribution in [3.8, 4) is 23.8 Å². The van der Waals surface area contributed by atoms with E-state index in [4.69, 9.17) is 9.84 Å². The number of para-hydroxylation sites is 1. The van der Waals surface area contributed by atoms with Crippen molar-refractivity contribution in [1.29, 1.82) is 5.26 Å². The average Bonchev–Trinajstić information content (AvgIpc) is 3.80. The first-order valence-corrected chi connectivity index (χ1v) is 20.9. The first-order chi connectivity index (χ1) is 29.1. The number of aromatic nitrogens is 5. The lowest BCUT2D eigenvalue weighted by atomic mass is 9.71. The Labute approximate surface area is 347 Å². The van der Waals surface area contributed by atoms with Crippen molar-refractivity contribution in [1.82, 2.24) is 33.9 Å². The first kappa shape index (κ1) is 38.9. The number of imide groups is 1. The number of carbonyl (C=O) groups is 3. The van der Waals surface area contributed by atoms with E-state index < -0.39 is 11.9 Å². The number of methoxy groups -OCH3 is 1. The first-order valence-electron chi connectivity index (χ1n) is 20.9. The topological polar surface area (TPSA) is 172 Å². The average molecular weight is 809 g/mol. The number of aryl methyl sites for hydroxylation is 1.